The van der Waals surface area contributed by atoms with Crippen molar-refractivity contribution in [3.8, 4) is 0 Å². The van der Waals surface area contributed by atoms with E-state index in [-0.39, 0.29) is 5.54 Å². The first-order valence-corrected chi connectivity index (χ1v) is 8.75. The molecule has 20 heavy (non-hydrogen) atoms. The van der Waals surface area contributed by atoms with E-state index in [1.54, 1.807) is 0 Å². The fraction of sp³-hybridized carbons (Fsp3) is 0.647. The van der Waals surface area contributed by atoms with E-state index in [4.69, 9.17) is 0 Å². The molecule has 2 unspecified atom stereocenters. The Hall–Kier alpha value is -0.510. The smallest absolute Gasteiger partial charge is 0.0535 e. The lowest BCUT2D eigenvalue weighted by Crippen LogP contribution is -2.58. The van der Waals surface area contributed by atoms with Gasteiger partial charge in [-0.05, 0) is 38.0 Å². The third kappa shape index (κ3) is 3.05. The van der Waals surface area contributed by atoms with Gasteiger partial charge in [0.15, 0.2) is 0 Å². The number of piperazine rings is 1. The van der Waals surface area contributed by atoms with Crippen molar-refractivity contribution < 1.29 is 0 Å². The SMILES string of the molecule is CC1(CN2CCNC(C)(c3ccccc3)C2)CCCS1. The van der Waals surface area contributed by atoms with Gasteiger partial charge in [0.25, 0.3) is 0 Å². The summed E-state index contributed by atoms with van der Waals surface area (Å²) in [5.41, 5.74) is 1.51. The molecule has 0 aliphatic carbocycles. The van der Waals surface area contributed by atoms with Gasteiger partial charge in [-0.1, -0.05) is 30.3 Å². The van der Waals surface area contributed by atoms with E-state index in [1.165, 1.54) is 37.2 Å². The van der Waals surface area contributed by atoms with Crippen LogP contribution in [0.1, 0.15) is 32.3 Å². The molecule has 2 heterocycles. The Morgan fingerprint density at radius 3 is 2.75 bits per heavy atom. The predicted octanol–water partition coefficient (Wildman–Crippen LogP) is 3.09. The highest BCUT2D eigenvalue weighted by Crippen LogP contribution is 2.39. The van der Waals surface area contributed by atoms with E-state index < -0.39 is 0 Å². The second kappa shape index (κ2) is 5.70. The molecule has 3 rings (SSSR count). The Kier molecular flexibility index (Phi) is 4.11. The molecule has 0 aromatic heterocycles. The molecule has 0 spiro atoms. The van der Waals surface area contributed by atoms with Crippen molar-refractivity contribution in [1.29, 1.82) is 0 Å². The molecule has 2 saturated heterocycles. The van der Waals surface area contributed by atoms with Crippen LogP contribution in [0.25, 0.3) is 0 Å². The lowest BCUT2D eigenvalue weighted by Gasteiger charge is -2.44. The first kappa shape index (κ1) is 14.4. The number of benzene rings is 1. The third-order valence-corrected chi connectivity index (χ3v) is 6.28. The lowest BCUT2D eigenvalue weighted by molar-refractivity contribution is 0.133. The van der Waals surface area contributed by atoms with Crippen molar-refractivity contribution in [2.45, 2.75) is 37.0 Å². The zero-order valence-corrected chi connectivity index (χ0v) is 13.5. The summed E-state index contributed by atoms with van der Waals surface area (Å²) in [6.45, 7) is 9.42. The molecule has 0 amide bonds. The summed E-state index contributed by atoms with van der Waals surface area (Å²) in [5, 5.41) is 3.73. The zero-order chi connectivity index (χ0) is 14.1. The minimum absolute atomic E-state index is 0.0964. The Labute approximate surface area is 127 Å². The summed E-state index contributed by atoms with van der Waals surface area (Å²) >= 11 is 2.17. The van der Waals surface area contributed by atoms with Crippen molar-refractivity contribution >= 4 is 11.8 Å². The van der Waals surface area contributed by atoms with Crippen LogP contribution >= 0.6 is 11.8 Å². The molecular formula is C17H26N2S. The molecular weight excluding hydrogens is 264 g/mol. The molecule has 2 nitrogen and oxygen atoms in total. The molecule has 2 fully saturated rings. The molecule has 1 aromatic carbocycles. The Bertz CT molecular complexity index is 442. The van der Waals surface area contributed by atoms with E-state index in [0.29, 0.717) is 4.75 Å². The Morgan fingerprint density at radius 1 is 1.25 bits per heavy atom. The van der Waals surface area contributed by atoms with Crippen LogP contribution in [0, 0.1) is 0 Å². The minimum Gasteiger partial charge on any atom is -0.305 e. The zero-order valence-electron chi connectivity index (χ0n) is 12.7. The topological polar surface area (TPSA) is 15.3 Å². The van der Waals surface area contributed by atoms with E-state index >= 15 is 0 Å². The minimum atomic E-state index is 0.0964. The van der Waals surface area contributed by atoms with Gasteiger partial charge in [-0.15, -0.1) is 0 Å². The molecule has 1 N–H and O–H groups in total. The highest BCUT2D eigenvalue weighted by molar-refractivity contribution is 8.00. The van der Waals surface area contributed by atoms with Crippen molar-refractivity contribution in [3.05, 3.63) is 35.9 Å². The van der Waals surface area contributed by atoms with Crippen LogP contribution in [-0.2, 0) is 5.54 Å². The summed E-state index contributed by atoms with van der Waals surface area (Å²) in [6.07, 6.45) is 2.77. The van der Waals surface area contributed by atoms with Crippen molar-refractivity contribution in [2.24, 2.45) is 0 Å². The maximum absolute atomic E-state index is 3.73. The molecule has 2 aliphatic rings. The van der Waals surface area contributed by atoms with Crippen LogP contribution in [0.5, 0.6) is 0 Å². The molecule has 2 aliphatic heterocycles. The van der Waals surface area contributed by atoms with Crippen molar-refractivity contribution in [1.82, 2.24) is 10.2 Å². The fourth-order valence-electron chi connectivity index (χ4n) is 3.64. The maximum Gasteiger partial charge on any atom is 0.0535 e. The number of nitrogens with zero attached hydrogens (tertiary/aromatic N) is 1. The van der Waals surface area contributed by atoms with Gasteiger partial charge >= 0.3 is 0 Å². The monoisotopic (exact) mass is 290 g/mol. The highest BCUT2D eigenvalue weighted by atomic mass is 32.2. The first-order chi connectivity index (χ1) is 9.60. The van der Waals surface area contributed by atoms with Gasteiger partial charge in [0.2, 0.25) is 0 Å². The van der Waals surface area contributed by atoms with Crippen molar-refractivity contribution in [3.63, 3.8) is 0 Å². The van der Waals surface area contributed by atoms with E-state index in [0.717, 1.165) is 13.1 Å². The fourth-order valence-corrected chi connectivity index (χ4v) is 4.98. The predicted molar refractivity (Wildman–Crippen MR) is 88.3 cm³/mol. The number of thioether (sulfide) groups is 1. The van der Waals surface area contributed by atoms with Gasteiger partial charge in [0, 0.05) is 30.9 Å². The van der Waals surface area contributed by atoms with Gasteiger partial charge in [0.05, 0.1) is 5.54 Å². The standard InChI is InChI=1S/C17H26N2S/c1-16(9-6-12-20-16)13-19-11-10-18-17(2,14-19)15-7-4-3-5-8-15/h3-5,7-8,18H,6,9-14H2,1-2H3. The summed E-state index contributed by atoms with van der Waals surface area (Å²) in [7, 11) is 0. The number of hydrogen-bond donors (Lipinski definition) is 1. The number of rotatable bonds is 3. The van der Waals surface area contributed by atoms with Crippen LogP contribution < -0.4 is 5.32 Å². The Balaban J connectivity index is 1.70. The molecule has 0 bridgehead atoms. The molecule has 110 valence electrons. The van der Waals surface area contributed by atoms with Crippen LogP contribution in [-0.4, -0.2) is 41.6 Å². The van der Waals surface area contributed by atoms with Crippen LogP contribution in [0.15, 0.2) is 30.3 Å². The van der Waals surface area contributed by atoms with Crippen LogP contribution in [0.4, 0.5) is 0 Å². The molecule has 2 atom stereocenters. The van der Waals surface area contributed by atoms with Gasteiger partial charge < -0.3 is 5.32 Å². The highest BCUT2D eigenvalue weighted by Gasteiger charge is 2.37. The number of hydrogen-bond acceptors (Lipinski definition) is 3. The van der Waals surface area contributed by atoms with Gasteiger partial charge in [-0.25, -0.2) is 0 Å². The average Bonchev–Trinajstić information content (AvgIpc) is 2.86. The average molecular weight is 290 g/mol. The van der Waals surface area contributed by atoms with Gasteiger partial charge in [-0.2, -0.15) is 11.8 Å². The second-order valence-corrected chi connectivity index (χ2v) is 8.42. The second-order valence-electron chi connectivity index (χ2n) is 6.74. The Morgan fingerprint density at radius 2 is 2.05 bits per heavy atom. The first-order valence-electron chi connectivity index (χ1n) is 7.77. The molecule has 0 saturated carbocycles. The number of nitrogens with one attached hydrogen (secondary N) is 1. The molecule has 0 radical (unpaired) electrons. The summed E-state index contributed by atoms with van der Waals surface area (Å²) < 4.78 is 0.481. The molecule has 1 aromatic rings. The van der Waals surface area contributed by atoms with Gasteiger partial charge in [-0.3, -0.25) is 4.90 Å². The third-order valence-electron chi connectivity index (χ3n) is 4.75. The van der Waals surface area contributed by atoms with E-state index in [9.17, 15) is 0 Å². The summed E-state index contributed by atoms with van der Waals surface area (Å²) in [4.78, 5) is 2.67. The normalized spacial score (nSPS) is 35.3. The van der Waals surface area contributed by atoms with Gasteiger partial charge in [0.1, 0.15) is 0 Å². The maximum atomic E-state index is 3.73. The lowest BCUT2D eigenvalue weighted by atomic mass is 9.89. The van der Waals surface area contributed by atoms with Crippen molar-refractivity contribution in [2.75, 3.05) is 31.9 Å². The summed E-state index contributed by atoms with van der Waals surface area (Å²) in [5.74, 6) is 1.35. The van der Waals surface area contributed by atoms with Crippen LogP contribution in [0.2, 0.25) is 0 Å². The molecule has 3 heteroatoms. The largest absolute Gasteiger partial charge is 0.305 e. The van der Waals surface area contributed by atoms with E-state index in [1.807, 2.05) is 0 Å². The van der Waals surface area contributed by atoms with Crippen LogP contribution in [0.3, 0.4) is 0 Å². The summed E-state index contributed by atoms with van der Waals surface area (Å²) in [6, 6.07) is 10.9. The van der Waals surface area contributed by atoms with E-state index in [2.05, 4.69) is 66.2 Å². The quantitative estimate of drug-likeness (QED) is 0.921.